The van der Waals surface area contributed by atoms with E-state index < -0.39 is 0 Å². The molecular weight excluding hydrogens is 236 g/mol. The molecule has 0 saturated heterocycles. The average Bonchev–Trinajstić information content (AvgIpc) is 2.81. The first-order chi connectivity index (χ1) is 9.28. The molecule has 19 heavy (non-hydrogen) atoms. The Morgan fingerprint density at radius 3 is 3.05 bits per heavy atom. The molecule has 0 bridgehead atoms. The highest BCUT2D eigenvalue weighted by Gasteiger charge is 2.16. The van der Waals surface area contributed by atoms with Gasteiger partial charge < -0.3 is 10.2 Å². The number of nitrogens with zero attached hydrogens (tertiary/aromatic N) is 3. The van der Waals surface area contributed by atoms with Gasteiger partial charge in [0.1, 0.15) is 5.82 Å². The van der Waals surface area contributed by atoms with Gasteiger partial charge in [-0.25, -0.2) is 9.97 Å². The van der Waals surface area contributed by atoms with E-state index in [4.69, 9.17) is 0 Å². The number of hydrogen-bond acceptors (Lipinski definition) is 4. The molecule has 0 fully saturated rings. The third-order valence-electron chi connectivity index (χ3n) is 3.48. The molecule has 1 aliphatic rings. The van der Waals surface area contributed by atoms with Crippen molar-refractivity contribution >= 4 is 11.5 Å². The molecular formula is C15H18N4. The Balaban J connectivity index is 1.96. The molecule has 1 aromatic carbocycles. The molecule has 0 saturated carbocycles. The van der Waals surface area contributed by atoms with Crippen LogP contribution in [0, 0.1) is 0 Å². The fourth-order valence-electron chi connectivity index (χ4n) is 2.48. The Bertz CT molecular complexity index is 594. The third kappa shape index (κ3) is 2.26. The molecule has 1 N–H and O–H groups in total. The van der Waals surface area contributed by atoms with Crippen LogP contribution in [0.3, 0.4) is 0 Å². The molecule has 1 aromatic heterocycles. The van der Waals surface area contributed by atoms with Gasteiger partial charge in [0.2, 0.25) is 0 Å². The number of rotatable bonds is 3. The van der Waals surface area contributed by atoms with Crippen molar-refractivity contribution in [3.63, 3.8) is 0 Å². The van der Waals surface area contributed by atoms with E-state index in [0.29, 0.717) is 0 Å². The minimum absolute atomic E-state index is 0.788. The topological polar surface area (TPSA) is 41.1 Å². The lowest BCUT2D eigenvalue weighted by Crippen LogP contribution is -2.12. The van der Waals surface area contributed by atoms with E-state index in [1.165, 1.54) is 11.3 Å². The average molecular weight is 254 g/mol. The van der Waals surface area contributed by atoms with Crippen molar-refractivity contribution in [1.29, 1.82) is 0 Å². The van der Waals surface area contributed by atoms with Crippen molar-refractivity contribution in [3.8, 4) is 11.4 Å². The maximum Gasteiger partial charge on any atom is 0.161 e. The maximum absolute atomic E-state index is 4.54. The van der Waals surface area contributed by atoms with Gasteiger partial charge in [0.05, 0.1) is 0 Å². The third-order valence-corrected chi connectivity index (χ3v) is 3.48. The number of anilines is 2. The lowest BCUT2D eigenvalue weighted by molar-refractivity contribution is 0.956. The van der Waals surface area contributed by atoms with Crippen LogP contribution in [-0.4, -0.2) is 30.1 Å². The molecule has 98 valence electrons. The van der Waals surface area contributed by atoms with E-state index in [1.54, 1.807) is 6.20 Å². The summed E-state index contributed by atoms with van der Waals surface area (Å²) in [6.07, 6.45) is 2.91. The highest BCUT2D eigenvalue weighted by molar-refractivity contribution is 5.67. The number of likely N-dealkylation sites (N-methyl/N-ethyl adjacent to an activating group) is 1. The second-order valence-electron chi connectivity index (χ2n) is 4.81. The van der Waals surface area contributed by atoms with Gasteiger partial charge in [-0.3, -0.25) is 0 Å². The van der Waals surface area contributed by atoms with Gasteiger partial charge in [-0.15, -0.1) is 0 Å². The molecule has 0 aliphatic carbocycles. The van der Waals surface area contributed by atoms with E-state index in [1.807, 2.05) is 6.07 Å². The summed E-state index contributed by atoms with van der Waals surface area (Å²) < 4.78 is 0. The van der Waals surface area contributed by atoms with Crippen molar-refractivity contribution in [1.82, 2.24) is 9.97 Å². The van der Waals surface area contributed by atoms with Gasteiger partial charge in [0.15, 0.2) is 5.82 Å². The molecule has 4 nitrogen and oxygen atoms in total. The number of aromatic nitrogens is 2. The van der Waals surface area contributed by atoms with Gasteiger partial charge >= 0.3 is 0 Å². The van der Waals surface area contributed by atoms with Crippen LogP contribution in [-0.2, 0) is 6.42 Å². The molecule has 0 radical (unpaired) electrons. The molecule has 3 rings (SSSR count). The lowest BCUT2D eigenvalue weighted by atomic mass is 10.1. The minimum atomic E-state index is 0.788. The summed E-state index contributed by atoms with van der Waals surface area (Å²) in [4.78, 5) is 11.2. The van der Waals surface area contributed by atoms with Gasteiger partial charge in [-0.05, 0) is 43.2 Å². The first kappa shape index (κ1) is 12.0. The summed E-state index contributed by atoms with van der Waals surface area (Å²) >= 11 is 0. The second kappa shape index (κ2) is 4.88. The summed E-state index contributed by atoms with van der Waals surface area (Å²) in [6, 6.07) is 8.38. The Morgan fingerprint density at radius 1 is 1.32 bits per heavy atom. The quantitative estimate of drug-likeness (QED) is 0.914. The van der Waals surface area contributed by atoms with Crippen molar-refractivity contribution in [3.05, 3.63) is 36.0 Å². The number of fused-ring (bicyclic) bond motifs is 1. The Kier molecular flexibility index (Phi) is 3.07. The van der Waals surface area contributed by atoms with E-state index in [-0.39, 0.29) is 0 Å². The van der Waals surface area contributed by atoms with Crippen molar-refractivity contribution < 1.29 is 0 Å². The normalized spacial score (nSPS) is 13.5. The lowest BCUT2D eigenvalue weighted by Gasteiger charge is -2.12. The van der Waals surface area contributed by atoms with Crippen LogP contribution in [0.1, 0.15) is 12.5 Å². The molecule has 2 aromatic rings. The van der Waals surface area contributed by atoms with Crippen molar-refractivity contribution in [2.75, 3.05) is 30.4 Å². The zero-order valence-electron chi connectivity index (χ0n) is 11.3. The first-order valence-electron chi connectivity index (χ1n) is 6.69. The van der Waals surface area contributed by atoms with Crippen LogP contribution in [0.25, 0.3) is 11.4 Å². The summed E-state index contributed by atoms with van der Waals surface area (Å²) in [5, 5.41) is 3.22. The molecule has 0 amide bonds. The van der Waals surface area contributed by atoms with E-state index >= 15 is 0 Å². The van der Waals surface area contributed by atoms with Crippen molar-refractivity contribution in [2.45, 2.75) is 13.3 Å². The molecule has 0 spiro atoms. The zero-order chi connectivity index (χ0) is 13.2. The fourth-order valence-corrected chi connectivity index (χ4v) is 2.48. The standard InChI is InChI=1S/C15H18N4/c1-3-16-14-6-8-17-15(18-14)12-4-5-13-11(10-12)7-9-19(13)2/h4-6,8,10H,3,7,9H2,1-2H3,(H,16,17,18). The minimum Gasteiger partial charge on any atom is -0.374 e. The van der Waals surface area contributed by atoms with Crippen LogP contribution in [0.5, 0.6) is 0 Å². The van der Waals surface area contributed by atoms with Gasteiger partial charge in [-0.2, -0.15) is 0 Å². The summed E-state index contributed by atoms with van der Waals surface area (Å²) in [5.41, 5.74) is 3.80. The van der Waals surface area contributed by atoms with E-state index in [9.17, 15) is 0 Å². The highest BCUT2D eigenvalue weighted by atomic mass is 15.1. The summed E-state index contributed by atoms with van der Waals surface area (Å²) in [7, 11) is 2.13. The van der Waals surface area contributed by atoms with Gasteiger partial charge in [0.25, 0.3) is 0 Å². The summed E-state index contributed by atoms with van der Waals surface area (Å²) in [6.45, 7) is 4.02. The van der Waals surface area contributed by atoms with E-state index in [0.717, 1.165) is 36.7 Å². The molecule has 1 aliphatic heterocycles. The number of nitrogens with one attached hydrogen (secondary N) is 1. The van der Waals surface area contributed by atoms with Crippen LogP contribution in [0.15, 0.2) is 30.5 Å². The molecule has 0 unspecified atom stereocenters. The number of hydrogen-bond donors (Lipinski definition) is 1. The number of benzene rings is 1. The van der Waals surface area contributed by atoms with Crippen LogP contribution in [0.4, 0.5) is 11.5 Å². The summed E-state index contributed by atoms with van der Waals surface area (Å²) in [5.74, 6) is 1.67. The van der Waals surface area contributed by atoms with Gasteiger partial charge in [-0.1, -0.05) is 0 Å². The Morgan fingerprint density at radius 2 is 2.21 bits per heavy atom. The predicted molar refractivity (Wildman–Crippen MR) is 78.6 cm³/mol. The Hall–Kier alpha value is -2.10. The monoisotopic (exact) mass is 254 g/mol. The first-order valence-corrected chi connectivity index (χ1v) is 6.69. The largest absolute Gasteiger partial charge is 0.374 e. The molecule has 0 atom stereocenters. The van der Waals surface area contributed by atoms with Crippen LogP contribution in [0.2, 0.25) is 0 Å². The molecule has 4 heteroatoms. The Labute approximate surface area is 113 Å². The SMILES string of the molecule is CCNc1ccnc(-c2ccc3c(c2)CCN3C)n1. The van der Waals surface area contributed by atoms with Crippen LogP contribution < -0.4 is 10.2 Å². The molecule has 2 heterocycles. The highest BCUT2D eigenvalue weighted by Crippen LogP contribution is 2.30. The maximum atomic E-state index is 4.54. The second-order valence-corrected chi connectivity index (χ2v) is 4.81. The zero-order valence-corrected chi connectivity index (χ0v) is 11.3. The van der Waals surface area contributed by atoms with Crippen LogP contribution >= 0.6 is 0 Å². The smallest absolute Gasteiger partial charge is 0.161 e. The fraction of sp³-hybridized carbons (Fsp3) is 0.333. The predicted octanol–water partition coefficient (Wildman–Crippen LogP) is 2.57. The van der Waals surface area contributed by atoms with Gasteiger partial charge in [0, 0.05) is 37.6 Å². The van der Waals surface area contributed by atoms with E-state index in [2.05, 4.69) is 52.4 Å². The van der Waals surface area contributed by atoms with Crippen molar-refractivity contribution in [2.24, 2.45) is 0 Å².